The van der Waals surface area contributed by atoms with Crippen LogP contribution in [0, 0.1) is 0 Å². The molecule has 0 aliphatic rings. The molecule has 0 aliphatic heterocycles. The van der Waals surface area contributed by atoms with Crippen molar-refractivity contribution in [1.82, 2.24) is 0 Å². The number of hydrogen-bond acceptors (Lipinski definition) is 1. The maximum atomic E-state index is 10.7. The Morgan fingerprint density at radius 3 is 2.12 bits per heavy atom. The number of amides is 1. The minimum absolute atomic E-state index is 0.184. The zero-order valence-corrected chi connectivity index (χ0v) is 11.2. The SMILES string of the molecule is CC(C(N)=O)c1ccccc1.CCC=C(C)C. The highest BCUT2D eigenvalue weighted by Crippen LogP contribution is 2.12. The molecule has 1 amide bonds. The van der Waals surface area contributed by atoms with Crippen LogP contribution >= 0.6 is 0 Å². The maximum absolute atomic E-state index is 10.7. The topological polar surface area (TPSA) is 43.1 Å². The fourth-order valence-electron chi connectivity index (χ4n) is 1.31. The Balaban J connectivity index is 0.000000366. The number of benzene rings is 1. The van der Waals surface area contributed by atoms with Gasteiger partial charge in [0.05, 0.1) is 5.92 Å². The standard InChI is InChI=1S/C9H11NO.C6H12/c1-7(9(10)11)8-5-3-2-4-6-8;1-4-5-6(2)3/h2-7H,1H3,(H2,10,11);5H,4H2,1-3H3. The summed E-state index contributed by atoms with van der Waals surface area (Å²) in [5, 5.41) is 0. The molecule has 2 heteroatoms. The van der Waals surface area contributed by atoms with E-state index in [0.29, 0.717) is 0 Å². The van der Waals surface area contributed by atoms with Crippen LogP contribution in [0.5, 0.6) is 0 Å². The fraction of sp³-hybridized carbons (Fsp3) is 0.400. The molecule has 1 aromatic carbocycles. The van der Waals surface area contributed by atoms with Crippen molar-refractivity contribution in [3.63, 3.8) is 0 Å². The lowest BCUT2D eigenvalue weighted by Gasteiger charge is -2.05. The van der Waals surface area contributed by atoms with Crippen LogP contribution in [0.2, 0.25) is 0 Å². The van der Waals surface area contributed by atoms with Crippen molar-refractivity contribution in [3.8, 4) is 0 Å². The fourth-order valence-corrected chi connectivity index (χ4v) is 1.31. The van der Waals surface area contributed by atoms with E-state index in [1.54, 1.807) is 6.92 Å². The van der Waals surface area contributed by atoms with Gasteiger partial charge in [-0.15, -0.1) is 0 Å². The van der Waals surface area contributed by atoms with Gasteiger partial charge in [-0.05, 0) is 32.8 Å². The van der Waals surface area contributed by atoms with Crippen molar-refractivity contribution in [2.24, 2.45) is 5.73 Å². The van der Waals surface area contributed by atoms with E-state index in [4.69, 9.17) is 5.73 Å². The number of hydrogen-bond donors (Lipinski definition) is 1. The summed E-state index contributed by atoms with van der Waals surface area (Å²) in [5.41, 5.74) is 7.52. The highest BCUT2D eigenvalue weighted by atomic mass is 16.1. The third kappa shape index (κ3) is 7.34. The average Bonchev–Trinajstić information content (AvgIpc) is 2.29. The van der Waals surface area contributed by atoms with Gasteiger partial charge < -0.3 is 5.73 Å². The first-order valence-electron chi connectivity index (χ1n) is 5.96. The molecule has 0 heterocycles. The first-order chi connectivity index (χ1) is 7.99. The van der Waals surface area contributed by atoms with Gasteiger partial charge in [-0.25, -0.2) is 0 Å². The summed E-state index contributed by atoms with van der Waals surface area (Å²) >= 11 is 0. The lowest BCUT2D eigenvalue weighted by Crippen LogP contribution is -2.18. The molecule has 1 rings (SSSR count). The Bertz CT molecular complexity index is 350. The van der Waals surface area contributed by atoms with Crippen LogP contribution in [0.1, 0.15) is 45.6 Å². The van der Waals surface area contributed by atoms with Gasteiger partial charge in [0, 0.05) is 0 Å². The van der Waals surface area contributed by atoms with Crippen molar-refractivity contribution < 1.29 is 4.79 Å². The summed E-state index contributed by atoms with van der Waals surface area (Å²) < 4.78 is 0. The summed E-state index contributed by atoms with van der Waals surface area (Å²) in [6.07, 6.45) is 3.38. The predicted octanol–water partition coefficient (Wildman–Crippen LogP) is 3.64. The molecule has 94 valence electrons. The van der Waals surface area contributed by atoms with Gasteiger partial charge >= 0.3 is 0 Å². The van der Waals surface area contributed by atoms with Crippen LogP contribution < -0.4 is 5.73 Å². The number of rotatable bonds is 3. The third-order valence-corrected chi connectivity index (χ3v) is 2.34. The van der Waals surface area contributed by atoms with Gasteiger partial charge in [0.1, 0.15) is 0 Å². The van der Waals surface area contributed by atoms with Crippen molar-refractivity contribution in [3.05, 3.63) is 47.5 Å². The smallest absolute Gasteiger partial charge is 0.224 e. The van der Waals surface area contributed by atoms with E-state index in [1.165, 1.54) is 12.0 Å². The van der Waals surface area contributed by atoms with Crippen LogP contribution in [-0.2, 0) is 4.79 Å². The van der Waals surface area contributed by atoms with Crippen molar-refractivity contribution in [1.29, 1.82) is 0 Å². The Labute approximate surface area is 105 Å². The van der Waals surface area contributed by atoms with Crippen LogP contribution in [0.15, 0.2) is 42.0 Å². The zero-order chi connectivity index (χ0) is 13.3. The number of allylic oxidation sites excluding steroid dienone is 2. The quantitative estimate of drug-likeness (QED) is 0.796. The summed E-state index contributed by atoms with van der Waals surface area (Å²) in [4.78, 5) is 10.7. The largest absolute Gasteiger partial charge is 0.369 e. The maximum Gasteiger partial charge on any atom is 0.224 e. The molecule has 17 heavy (non-hydrogen) atoms. The summed E-state index contributed by atoms with van der Waals surface area (Å²) in [6.45, 7) is 8.18. The molecule has 0 bridgehead atoms. The van der Waals surface area contributed by atoms with Gasteiger partial charge in [0.15, 0.2) is 0 Å². The number of carbonyl (C=O) groups is 1. The normalized spacial score (nSPS) is 10.8. The molecule has 1 unspecified atom stereocenters. The minimum atomic E-state index is -0.281. The summed E-state index contributed by atoms with van der Waals surface area (Å²) in [6, 6.07) is 9.51. The Morgan fingerprint density at radius 1 is 1.29 bits per heavy atom. The van der Waals surface area contributed by atoms with Gasteiger partial charge in [0.25, 0.3) is 0 Å². The minimum Gasteiger partial charge on any atom is -0.369 e. The molecule has 0 fully saturated rings. The number of carbonyl (C=O) groups excluding carboxylic acids is 1. The van der Waals surface area contributed by atoms with Crippen LogP contribution in [0.25, 0.3) is 0 Å². The summed E-state index contributed by atoms with van der Waals surface area (Å²) in [5.74, 6) is -0.465. The second kappa shape index (κ2) is 8.57. The van der Waals surface area contributed by atoms with Crippen LogP contribution in [0.4, 0.5) is 0 Å². The lowest BCUT2D eigenvalue weighted by molar-refractivity contribution is -0.119. The first kappa shape index (κ1) is 15.4. The van der Waals surface area contributed by atoms with E-state index in [2.05, 4.69) is 26.8 Å². The second-order valence-electron chi connectivity index (χ2n) is 4.22. The van der Waals surface area contributed by atoms with Crippen molar-refractivity contribution in [2.75, 3.05) is 0 Å². The number of primary amides is 1. The highest BCUT2D eigenvalue weighted by Gasteiger charge is 2.09. The first-order valence-corrected chi connectivity index (χ1v) is 5.96. The van der Waals surface area contributed by atoms with E-state index >= 15 is 0 Å². The van der Waals surface area contributed by atoms with E-state index in [-0.39, 0.29) is 11.8 Å². The Morgan fingerprint density at radius 2 is 1.82 bits per heavy atom. The molecular formula is C15H23NO. The predicted molar refractivity (Wildman–Crippen MR) is 73.8 cm³/mol. The molecule has 2 nitrogen and oxygen atoms in total. The average molecular weight is 233 g/mol. The molecule has 0 aliphatic carbocycles. The molecular weight excluding hydrogens is 210 g/mol. The third-order valence-electron chi connectivity index (χ3n) is 2.34. The molecule has 0 aromatic heterocycles. The second-order valence-corrected chi connectivity index (χ2v) is 4.22. The summed E-state index contributed by atoms with van der Waals surface area (Å²) in [7, 11) is 0. The van der Waals surface area contributed by atoms with Crippen LogP contribution in [-0.4, -0.2) is 5.91 Å². The lowest BCUT2D eigenvalue weighted by atomic mass is 10.0. The molecule has 1 atom stereocenters. The molecule has 1 aromatic rings. The molecule has 0 saturated heterocycles. The monoisotopic (exact) mass is 233 g/mol. The van der Waals surface area contributed by atoms with E-state index in [9.17, 15) is 4.79 Å². The van der Waals surface area contributed by atoms with Crippen LogP contribution in [0.3, 0.4) is 0 Å². The van der Waals surface area contributed by atoms with Gasteiger partial charge in [0.2, 0.25) is 5.91 Å². The highest BCUT2D eigenvalue weighted by molar-refractivity contribution is 5.81. The molecule has 0 spiro atoms. The van der Waals surface area contributed by atoms with E-state index in [0.717, 1.165) is 5.56 Å². The Kier molecular flexibility index (Phi) is 7.78. The van der Waals surface area contributed by atoms with Gasteiger partial charge in [-0.2, -0.15) is 0 Å². The molecule has 2 N–H and O–H groups in total. The van der Waals surface area contributed by atoms with Crippen molar-refractivity contribution in [2.45, 2.75) is 40.0 Å². The van der Waals surface area contributed by atoms with Gasteiger partial charge in [-0.3, -0.25) is 4.79 Å². The molecule has 0 saturated carbocycles. The van der Waals surface area contributed by atoms with Crippen molar-refractivity contribution >= 4 is 5.91 Å². The number of nitrogens with two attached hydrogens (primary N) is 1. The molecule has 0 radical (unpaired) electrons. The Hall–Kier alpha value is -1.57. The van der Waals surface area contributed by atoms with E-state index in [1.807, 2.05) is 30.3 Å². The van der Waals surface area contributed by atoms with Gasteiger partial charge in [-0.1, -0.05) is 48.9 Å². The zero-order valence-electron chi connectivity index (χ0n) is 11.2. The van der Waals surface area contributed by atoms with E-state index < -0.39 is 0 Å².